The van der Waals surface area contributed by atoms with Crippen LogP contribution in [0, 0.1) is 34.5 Å². The van der Waals surface area contributed by atoms with Crippen LogP contribution in [0.1, 0.15) is 71.6 Å². The summed E-state index contributed by atoms with van der Waals surface area (Å²) in [6.07, 6.45) is 5.39. The molecular formula is C30H44O9. The monoisotopic (exact) mass is 548 g/mol. The minimum absolute atomic E-state index is 0.0482. The van der Waals surface area contributed by atoms with Gasteiger partial charge in [0.15, 0.2) is 6.29 Å². The Kier molecular flexibility index (Phi) is 7.04. The van der Waals surface area contributed by atoms with Gasteiger partial charge in [-0.25, -0.2) is 4.79 Å². The number of cyclic esters (lactones) is 1. The van der Waals surface area contributed by atoms with Gasteiger partial charge in [0.2, 0.25) is 0 Å². The van der Waals surface area contributed by atoms with Crippen LogP contribution in [-0.4, -0.2) is 83.7 Å². The van der Waals surface area contributed by atoms with E-state index in [9.17, 15) is 24.9 Å². The molecule has 0 radical (unpaired) electrons. The van der Waals surface area contributed by atoms with E-state index >= 15 is 0 Å². The number of aliphatic hydroxyl groups is 3. The Bertz CT molecular complexity index is 1010. The predicted molar refractivity (Wildman–Crippen MR) is 138 cm³/mol. The molecule has 0 aromatic rings. The van der Waals surface area contributed by atoms with Gasteiger partial charge in [-0.3, -0.25) is 0 Å². The summed E-state index contributed by atoms with van der Waals surface area (Å²) in [4.78, 5) is 24.8. The highest BCUT2D eigenvalue weighted by molar-refractivity contribution is 5.85. The molecule has 4 aliphatic carbocycles. The van der Waals surface area contributed by atoms with Crippen molar-refractivity contribution in [3.63, 3.8) is 0 Å². The molecule has 4 saturated carbocycles. The van der Waals surface area contributed by atoms with Crippen LogP contribution in [0.2, 0.25) is 0 Å². The quantitative estimate of drug-likeness (QED) is 0.269. The molecule has 13 atom stereocenters. The Morgan fingerprint density at radius 3 is 2.54 bits per heavy atom. The maximum atomic E-state index is 13.0. The van der Waals surface area contributed by atoms with Crippen molar-refractivity contribution in [3.8, 4) is 0 Å². The Morgan fingerprint density at radius 1 is 1.05 bits per heavy atom. The molecular weight excluding hydrogens is 504 g/mol. The average molecular weight is 549 g/mol. The average Bonchev–Trinajstić information content (AvgIpc) is 3.47. The summed E-state index contributed by atoms with van der Waals surface area (Å²) >= 11 is 0. The molecule has 5 fully saturated rings. The fraction of sp³-hybridized carbons (Fsp3) is 0.867. The van der Waals surface area contributed by atoms with Crippen LogP contribution >= 0.6 is 0 Å². The highest BCUT2D eigenvalue weighted by atomic mass is 16.7. The van der Waals surface area contributed by atoms with Crippen molar-refractivity contribution >= 4 is 12.3 Å². The third-order valence-electron chi connectivity index (χ3n) is 12.1. The molecule has 0 aromatic carbocycles. The summed E-state index contributed by atoms with van der Waals surface area (Å²) < 4.78 is 22.6. The van der Waals surface area contributed by atoms with E-state index in [2.05, 4.69) is 6.92 Å². The molecule has 9 heteroatoms. The van der Waals surface area contributed by atoms with Crippen LogP contribution in [0.3, 0.4) is 0 Å². The van der Waals surface area contributed by atoms with E-state index in [1.54, 1.807) is 13.0 Å². The summed E-state index contributed by atoms with van der Waals surface area (Å²) in [5.74, 6) is 0.152. The van der Waals surface area contributed by atoms with Gasteiger partial charge in [0.05, 0.1) is 17.8 Å². The summed E-state index contributed by atoms with van der Waals surface area (Å²) in [7, 11) is 1.46. The molecule has 1 saturated heterocycles. The molecule has 2 heterocycles. The Hall–Kier alpha value is -1.36. The van der Waals surface area contributed by atoms with Crippen LogP contribution < -0.4 is 0 Å². The van der Waals surface area contributed by atoms with Gasteiger partial charge in [-0.1, -0.05) is 6.92 Å². The molecule has 6 aliphatic rings. The van der Waals surface area contributed by atoms with Crippen LogP contribution in [0.4, 0.5) is 0 Å². The lowest BCUT2D eigenvalue weighted by atomic mass is 9.43. The SMILES string of the molecule is CO[C@H]1[C@@H](O)[C@@H](C)O[C@H](O[C@H]2CC[C@@]3(C=O)[C@H](CC[C@@H]4[C@@H]3CC[C@]3(C)[C@@H](C5=CC(=O)OC5)CC[C@]43O)C2)[C@@H]1O. The molecule has 0 bridgehead atoms. The van der Waals surface area contributed by atoms with E-state index < -0.39 is 41.7 Å². The van der Waals surface area contributed by atoms with E-state index in [-0.39, 0.29) is 41.2 Å². The molecule has 218 valence electrons. The lowest BCUT2D eigenvalue weighted by molar-refractivity contribution is -0.312. The highest BCUT2D eigenvalue weighted by Gasteiger charge is 2.68. The third kappa shape index (κ3) is 4.02. The number of ether oxygens (including phenoxy) is 4. The zero-order chi connectivity index (χ0) is 27.7. The lowest BCUT2D eigenvalue weighted by Gasteiger charge is -2.63. The van der Waals surface area contributed by atoms with Crippen LogP contribution in [0.15, 0.2) is 11.6 Å². The van der Waals surface area contributed by atoms with Gasteiger partial charge < -0.3 is 39.1 Å². The largest absolute Gasteiger partial charge is 0.458 e. The molecule has 0 amide bonds. The number of esters is 1. The predicted octanol–water partition coefficient (Wildman–Crippen LogP) is 2.29. The van der Waals surface area contributed by atoms with E-state index in [0.29, 0.717) is 32.3 Å². The van der Waals surface area contributed by atoms with E-state index in [1.165, 1.54) is 13.4 Å². The molecule has 3 N–H and O–H groups in total. The van der Waals surface area contributed by atoms with Crippen LogP contribution in [0.25, 0.3) is 0 Å². The number of hydrogen-bond donors (Lipinski definition) is 3. The van der Waals surface area contributed by atoms with Crippen molar-refractivity contribution in [2.24, 2.45) is 34.5 Å². The van der Waals surface area contributed by atoms with Crippen molar-refractivity contribution in [2.45, 2.75) is 114 Å². The Morgan fingerprint density at radius 2 is 1.85 bits per heavy atom. The van der Waals surface area contributed by atoms with Gasteiger partial charge in [0.1, 0.15) is 31.2 Å². The third-order valence-corrected chi connectivity index (χ3v) is 12.1. The maximum Gasteiger partial charge on any atom is 0.331 e. The van der Waals surface area contributed by atoms with E-state index in [1.807, 2.05) is 0 Å². The molecule has 2 aliphatic heterocycles. The normalized spacial score (nSPS) is 53.3. The fourth-order valence-electron chi connectivity index (χ4n) is 10.00. The number of rotatable bonds is 5. The molecule has 0 unspecified atom stereocenters. The molecule has 0 aromatic heterocycles. The van der Waals surface area contributed by atoms with Gasteiger partial charge in [0, 0.05) is 24.0 Å². The first-order valence-corrected chi connectivity index (χ1v) is 14.8. The lowest BCUT2D eigenvalue weighted by Crippen LogP contribution is -2.63. The van der Waals surface area contributed by atoms with Gasteiger partial charge in [-0.15, -0.1) is 0 Å². The van der Waals surface area contributed by atoms with Gasteiger partial charge in [-0.2, -0.15) is 0 Å². The second-order valence-electron chi connectivity index (χ2n) is 13.4. The summed E-state index contributed by atoms with van der Waals surface area (Å²) in [6.45, 7) is 4.25. The number of hydrogen-bond acceptors (Lipinski definition) is 9. The van der Waals surface area contributed by atoms with Crippen LogP contribution in [0.5, 0.6) is 0 Å². The smallest absolute Gasteiger partial charge is 0.331 e. The van der Waals surface area contributed by atoms with Crippen LogP contribution in [-0.2, 0) is 28.5 Å². The topological polar surface area (TPSA) is 132 Å². The molecule has 9 nitrogen and oxygen atoms in total. The zero-order valence-electron chi connectivity index (χ0n) is 23.3. The minimum atomic E-state index is -1.11. The van der Waals surface area contributed by atoms with Crippen molar-refractivity contribution < 1.29 is 43.9 Å². The second kappa shape index (κ2) is 9.88. The number of aldehydes is 1. The van der Waals surface area contributed by atoms with Crippen molar-refractivity contribution in [3.05, 3.63) is 11.6 Å². The fourth-order valence-corrected chi connectivity index (χ4v) is 10.00. The number of aliphatic hydroxyl groups excluding tert-OH is 2. The molecule has 0 spiro atoms. The van der Waals surface area contributed by atoms with Crippen molar-refractivity contribution in [2.75, 3.05) is 13.7 Å². The summed E-state index contributed by atoms with van der Waals surface area (Å²) in [5.41, 5.74) is -0.682. The first-order valence-electron chi connectivity index (χ1n) is 14.8. The van der Waals surface area contributed by atoms with Gasteiger partial charge in [0.25, 0.3) is 0 Å². The van der Waals surface area contributed by atoms with Gasteiger partial charge in [-0.05, 0) is 94.0 Å². The van der Waals surface area contributed by atoms with E-state index in [4.69, 9.17) is 18.9 Å². The minimum Gasteiger partial charge on any atom is -0.458 e. The first-order chi connectivity index (χ1) is 18.6. The number of fused-ring (bicyclic) bond motifs is 5. The standard InChI is InChI=1S/C30H44O9/c1-16-24(33)26(36-3)25(34)27(38-16)39-19-6-10-29(15-31)18(13-19)4-5-22-21(29)7-9-28(2)20(8-11-30(22,28)35)17-12-23(32)37-14-17/h12,15-16,18-22,24-27,33-35H,4-11,13-14H2,1-3H3/t16-,18-,19+,20-,21+,22-,24+,25-,26+,27-,28-,29-,30+/m1/s1. The van der Waals surface area contributed by atoms with Crippen molar-refractivity contribution in [1.29, 1.82) is 0 Å². The van der Waals surface area contributed by atoms with E-state index in [0.717, 1.165) is 37.7 Å². The molecule has 39 heavy (non-hydrogen) atoms. The summed E-state index contributed by atoms with van der Waals surface area (Å²) in [5, 5.41) is 33.4. The zero-order valence-corrected chi connectivity index (χ0v) is 23.3. The number of methoxy groups -OCH3 is 1. The Balaban J connectivity index is 1.18. The second-order valence-corrected chi connectivity index (χ2v) is 13.4. The Labute approximate surface area is 230 Å². The maximum absolute atomic E-state index is 13.0. The highest BCUT2D eigenvalue weighted by Crippen LogP contribution is 2.69. The number of carbonyl (C=O) groups excluding carboxylic acids is 2. The number of carbonyl (C=O) groups is 2. The van der Waals surface area contributed by atoms with Crippen molar-refractivity contribution in [1.82, 2.24) is 0 Å². The molecule has 6 rings (SSSR count). The first kappa shape index (κ1) is 27.8. The summed E-state index contributed by atoms with van der Waals surface area (Å²) in [6, 6.07) is 0. The van der Waals surface area contributed by atoms with Gasteiger partial charge >= 0.3 is 5.97 Å².